The quantitative estimate of drug-likeness (QED) is 0.424. The van der Waals surface area contributed by atoms with E-state index in [2.05, 4.69) is 14.2 Å². The summed E-state index contributed by atoms with van der Waals surface area (Å²) >= 11 is 0. The average Bonchev–Trinajstić information content (AvgIpc) is 2.32. The van der Waals surface area contributed by atoms with Crippen LogP contribution in [-0.4, -0.2) is 60.7 Å². The summed E-state index contributed by atoms with van der Waals surface area (Å²) in [6.07, 6.45) is -2.22. The lowest BCUT2D eigenvalue weighted by molar-refractivity contribution is -0.196. The Labute approximate surface area is 97.1 Å². The summed E-state index contributed by atoms with van der Waals surface area (Å²) in [7, 11) is 1.89. The van der Waals surface area contributed by atoms with Gasteiger partial charge in [-0.15, -0.1) is 0 Å². The molecule has 0 bridgehead atoms. The van der Waals surface area contributed by atoms with Gasteiger partial charge in [0, 0.05) is 6.92 Å². The molecular weight excluding hydrogens is 236 g/mol. The zero-order chi connectivity index (χ0) is 13.6. The molecule has 0 heterocycles. The second-order valence-corrected chi connectivity index (χ2v) is 3.12. The Kier molecular flexibility index (Phi) is 5.56. The van der Waals surface area contributed by atoms with E-state index >= 15 is 0 Å². The summed E-state index contributed by atoms with van der Waals surface area (Å²) in [5.41, 5.74) is -2.70. The predicted molar refractivity (Wildman–Crippen MR) is 51.6 cm³/mol. The number of carbonyl (C=O) groups excluding carboxylic acids is 3. The van der Waals surface area contributed by atoms with Crippen molar-refractivity contribution in [1.82, 2.24) is 0 Å². The number of methoxy groups -OCH3 is 2. The third-order valence-electron chi connectivity index (χ3n) is 1.91. The molecule has 0 aliphatic carbocycles. The molecule has 0 aliphatic rings. The van der Waals surface area contributed by atoms with Crippen LogP contribution in [0.5, 0.6) is 0 Å². The van der Waals surface area contributed by atoms with Gasteiger partial charge < -0.3 is 24.4 Å². The van der Waals surface area contributed by atoms with E-state index in [0.717, 1.165) is 21.1 Å². The number of aliphatic hydroxyl groups is 2. The molecule has 0 radical (unpaired) electrons. The third-order valence-corrected chi connectivity index (χ3v) is 1.91. The molecule has 0 aromatic carbocycles. The van der Waals surface area contributed by atoms with Crippen molar-refractivity contribution >= 4 is 17.9 Å². The van der Waals surface area contributed by atoms with Gasteiger partial charge in [-0.3, -0.25) is 4.79 Å². The van der Waals surface area contributed by atoms with Crippen LogP contribution in [0.25, 0.3) is 0 Å². The molecule has 0 unspecified atom stereocenters. The van der Waals surface area contributed by atoms with Gasteiger partial charge in [0.15, 0.2) is 6.10 Å². The standard InChI is InChI=1S/C9H14O8/c1-5(10)17-4-9(14,8(13)16-3)6(11)7(12)15-2/h6,11,14H,4H2,1-3H3/t6-,9+/m0/s1. The maximum atomic E-state index is 11.3. The Morgan fingerprint density at radius 1 is 1.24 bits per heavy atom. The zero-order valence-electron chi connectivity index (χ0n) is 9.63. The van der Waals surface area contributed by atoms with Gasteiger partial charge in [0.05, 0.1) is 14.2 Å². The number of hydrogen-bond acceptors (Lipinski definition) is 8. The molecule has 0 saturated heterocycles. The van der Waals surface area contributed by atoms with Gasteiger partial charge in [-0.1, -0.05) is 0 Å². The molecule has 0 aliphatic heterocycles. The highest BCUT2D eigenvalue weighted by molar-refractivity contribution is 5.89. The molecule has 8 nitrogen and oxygen atoms in total. The van der Waals surface area contributed by atoms with Gasteiger partial charge >= 0.3 is 17.9 Å². The van der Waals surface area contributed by atoms with Gasteiger partial charge in [-0.2, -0.15) is 0 Å². The molecule has 0 fully saturated rings. The number of esters is 3. The first-order valence-corrected chi connectivity index (χ1v) is 4.49. The molecular formula is C9H14O8. The minimum atomic E-state index is -2.70. The summed E-state index contributed by atoms with van der Waals surface area (Å²) in [6.45, 7) is 0.105. The monoisotopic (exact) mass is 250 g/mol. The van der Waals surface area contributed by atoms with Crippen LogP contribution in [0.4, 0.5) is 0 Å². The van der Waals surface area contributed by atoms with Crippen molar-refractivity contribution in [3.63, 3.8) is 0 Å². The maximum absolute atomic E-state index is 11.3. The van der Waals surface area contributed by atoms with Crippen LogP contribution in [-0.2, 0) is 28.6 Å². The molecule has 17 heavy (non-hydrogen) atoms. The Bertz CT molecular complexity index is 312. The van der Waals surface area contributed by atoms with Crippen LogP contribution < -0.4 is 0 Å². The zero-order valence-corrected chi connectivity index (χ0v) is 9.63. The summed E-state index contributed by atoms with van der Waals surface area (Å²) in [4.78, 5) is 32.9. The van der Waals surface area contributed by atoms with Crippen molar-refractivity contribution in [3.8, 4) is 0 Å². The van der Waals surface area contributed by atoms with Crippen molar-refractivity contribution < 1.29 is 38.8 Å². The number of hydrogen-bond donors (Lipinski definition) is 2. The minimum Gasteiger partial charge on any atom is -0.467 e. The van der Waals surface area contributed by atoms with Crippen molar-refractivity contribution in [2.75, 3.05) is 20.8 Å². The van der Waals surface area contributed by atoms with Crippen LogP contribution in [0.2, 0.25) is 0 Å². The van der Waals surface area contributed by atoms with Crippen LogP contribution in [0.1, 0.15) is 6.92 Å². The predicted octanol–water partition coefficient (Wildman–Crippen LogP) is -2.01. The van der Waals surface area contributed by atoms with Crippen molar-refractivity contribution in [2.45, 2.75) is 18.6 Å². The summed E-state index contributed by atoms with van der Waals surface area (Å²) in [5, 5.41) is 19.2. The number of carbonyl (C=O) groups is 3. The lowest BCUT2D eigenvalue weighted by Gasteiger charge is -2.27. The first-order chi connectivity index (χ1) is 7.79. The van der Waals surface area contributed by atoms with E-state index in [-0.39, 0.29) is 0 Å². The fourth-order valence-electron chi connectivity index (χ4n) is 0.944. The lowest BCUT2D eigenvalue weighted by atomic mass is 9.98. The van der Waals surface area contributed by atoms with Gasteiger partial charge in [0.25, 0.3) is 0 Å². The molecule has 0 saturated carbocycles. The Hall–Kier alpha value is -1.67. The number of aliphatic hydroxyl groups excluding tert-OH is 1. The van der Waals surface area contributed by atoms with Crippen LogP contribution in [0, 0.1) is 0 Å². The maximum Gasteiger partial charge on any atom is 0.344 e. The van der Waals surface area contributed by atoms with E-state index in [1.54, 1.807) is 0 Å². The van der Waals surface area contributed by atoms with Gasteiger partial charge in [0.2, 0.25) is 5.60 Å². The normalized spacial score (nSPS) is 15.4. The fourth-order valence-corrected chi connectivity index (χ4v) is 0.944. The van der Waals surface area contributed by atoms with E-state index in [9.17, 15) is 24.6 Å². The molecule has 98 valence electrons. The number of rotatable bonds is 5. The number of ether oxygens (including phenoxy) is 3. The first kappa shape index (κ1) is 15.3. The van der Waals surface area contributed by atoms with Gasteiger partial charge in [-0.05, 0) is 0 Å². The molecule has 0 spiro atoms. The van der Waals surface area contributed by atoms with Crippen molar-refractivity contribution in [2.24, 2.45) is 0 Å². The van der Waals surface area contributed by atoms with Crippen molar-refractivity contribution in [1.29, 1.82) is 0 Å². The topological polar surface area (TPSA) is 119 Å². The molecule has 2 atom stereocenters. The Balaban J connectivity index is 5.02. The van der Waals surface area contributed by atoms with Gasteiger partial charge in [-0.25, -0.2) is 9.59 Å². The average molecular weight is 250 g/mol. The molecule has 0 amide bonds. The summed E-state index contributed by atoms with van der Waals surface area (Å²) < 4.78 is 12.8. The van der Waals surface area contributed by atoms with Crippen LogP contribution in [0.3, 0.4) is 0 Å². The summed E-state index contributed by atoms with van der Waals surface area (Å²) in [6, 6.07) is 0. The van der Waals surface area contributed by atoms with Crippen molar-refractivity contribution in [3.05, 3.63) is 0 Å². The molecule has 2 N–H and O–H groups in total. The molecule has 0 aromatic heterocycles. The van der Waals surface area contributed by atoms with E-state index < -0.39 is 36.2 Å². The fraction of sp³-hybridized carbons (Fsp3) is 0.667. The van der Waals surface area contributed by atoms with Crippen LogP contribution in [0.15, 0.2) is 0 Å². The first-order valence-electron chi connectivity index (χ1n) is 4.49. The second-order valence-electron chi connectivity index (χ2n) is 3.12. The molecule has 0 rings (SSSR count). The smallest absolute Gasteiger partial charge is 0.344 e. The third kappa shape index (κ3) is 3.68. The van der Waals surface area contributed by atoms with Gasteiger partial charge in [0.1, 0.15) is 6.61 Å². The Morgan fingerprint density at radius 3 is 2.12 bits per heavy atom. The SMILES string of the molecule is COC(=O)[C@H](O)[C@](O)(COC(C)=O)C(=O)OC. The van der Waals surface area contributed by atoms with E-state index in [1.807, 2.05) is 0 Å². The van der Waals surface area contributed by atoms with E-state index in [1.165, 1.54) is 0 Å². The molecule has 8 heteroatoms. The molecule has 0 aromatic rings. The summed E-state index contributed by atoms with van der Waals surface area (Å²) in [5.74, 6) is -3.38. The Morgan fingerprint density at radius 2 is 1.76 bits per heavy atom. The largest absolute Gasteiger partial charge is 0.467 e. The highest BCUT2D eigenvalue weighted by Crippen LogP contribution is 2.15. The lowest BCUT2D eigenvalue weighted by Crippen LogP contribution is -2.57. The minimum absolute atomic E-state index is 0.801. The van der Waals surface area contributed by atoms with E-state index in [4.69, 9.17) is 0 Å². The van der Waals surface area contributed by atoms with Crippen LogP contribution >= 0.6 is 0 Å². The second kappa shape index (κ2) is 6.16. The highest BCUT2D eigenvalue weighted by Gasteiger charge is 2.50. The van der Waals surface area contributed by atoms with E-state index in [0.29, 0.717) is 0 Å². The highest BCUT2D eigenvalue weighted by atomic mass is 16.6.